The maximum Gasteiger partial charge on any atom is 0.261 e. The van der Waals surface area contributed by atoms with Gasteiger partial charge in [-0.2, -0.15) is 0 Å². The maximum absolute atomic E-state index is 12.7. The molecule has 0 saturated carbocycles. The zero-order chi connectivity index (χ0) is 18.1. The van der Waals surface area contributed by atoms with Crippen LogP contribution in [0.25, 0.3) is 10.9 Å². The third-order valence-corrected chi connectivity index (χ3v) is 4.98. The van der Waals surface area contributed by atoms with E-state index in [-0.39, 0.29) is 30.0 Å². The first kappa shape index (κ1) is 16.5. The molecular formula is C20H20N4O2. The quantitative estimate of drug-likeness (QED) is 0.775. The van der Waals surface area contributed by atoms with Gasteiger partial charge < -0.3 is 10.6 Å². The molecule has 1 saturated heterocycles. The van der Waals surface area contributed by atoms with Crippen LogP contribution in [0.5, 0.6) is 0 Å². The van der Waals surface area contributed by atoms with Crippen LogP contribution >= 0.6 is 0 Å². The standard InChI is InChI=1S/C20H20N4O2/c21-17-11-23(10-16(17)14-6-2-1-3-7-14)19(25)12-24-13-22-18-9-5-4-8-15(18)20(24)26/h1-9,13,16-17H,10-12,21H2/t16-,17+/m0/s1. The van der Waals surface area contributed by atoms with Crippen molar-refractivity contribution in [2.24, 2.45) is 5.73 Å². The van der Waals surface area contributed by atoms with E-state index >= 15 is 0 Å². The van der Waals surface area contributed by atoms with Crippen molar-refractivity contribution >= 4 is 16.8 Å². The third kappa shape index (κ3) is 2.99. The summed E-state index contributed by atoms with van der Waals surface area (Å²) in [6.07, 6.45) is 1.44. The number of nitrogens with zero attached hydrogens (tertiary/aromatic N) is 3. The van der Waals surface area contributed by atoms with Gasteiger partial charge in [-0.15, -0.1) is 0 Å². The molecule has 2 aromatic carbocycles. The summed E-state index contributed by atoms with van der Waals surface area (Å²) in [7, 11) is 0. The van der Waals surface area contributed by atoms with Crippen LogP contribution < -0.4 is 11.3 Å². The highest BCUT2D eigenvalue weighted by atomic mass is 16.2. The van der Waals surface area contributed by atoms with Crippen molar-refractivity contribution in [1.82, 2.24) is 14.5 Å². The number of nitrogens with two attached hydrogens (primary N) is 1. The maximum atomic E-state index is 12.7. The molecule has 2 atom stereocenters. The van der Waals surface area contributed by atoms with E-state index in [1.807, 2.05) is 36.4 Å². The van der Waals surface area contributed by atoms with Crippen LogP contribution in [0.4, 0.5) is 0 Å². The van der Waals surface area contributed by atoms with Gasteiger partial charge in [0.05, 0.1) is 17.2 Å². The predicted octanol–water partition coefficient (Wildman–Crippen LogP) is 1.35. The summed E-state index contributed by atoms with van der Waals surface area (Å²) in [6.45, 7) is 1.04. The van der Waals surface area contributed by atoms with Crippen molar-refractivity contribution in [3.05, 3.63) is 76.8 Å². The molecule has 0 bridgehead atoms. The molecule has 0 aliphatic carbocycles. The Morgan fingerprint density at radius 2 is 1.81 bits per heavy atom. The Morgan fingerprint density at radius 3 is 2.62 bits per heavy atom. The number of amides is 1. The summed E-state index contributed by atoms with van der Waals surface area (Å²) in [5.41, 5.74) is 7.83. The minimum absolute atomic E-state index is 0.0229. The fraction of sp³-hybridized carbons (Fsp3) is 0.250. The zero-order valence-corrected chi connectivity index (χ0v) is 14.3. The van der Waals surface area contributed by atoms with Crippen molar-refractivity contribution in [3.8, 4) is 0 Å². The summed E-state index contributed by atoms with van der Waals surface area (Å²) in [5.74, 6) is 0.00432. The summed E-state index contributed by atoms with van der Waals surface area (Å²) in [4.78, 5) is 31.3. The van der Waals surface area contributed by atoms with Crippen molar-refractivity contribution in [2.45, 2.75) is 18.5 Å². The van der Waals surface area contributed by atoms with E-state index in [9.17, 15) is 9.59 Å². The molecule has 2 N–H and O–H groups in total. The summed E-state index contributed by atoms with van der Waals surface area (Å²) in [5, 5.41) is 0.517. The highest BCUT2D eigenvalue weighted by molar-refractivity contribution is 5.79. The molecule has 0 radical (unpaired) electrons. The first-order chi connectivity index (χ1) is 12.6. The molecule has 1 aliphatic rings. The summed E-state index contributed by atoms with van der Waals surface area (Å²) < 4.78 is 1.37. The van der Waals surface area contributed by atoms with Crippen molar-refractivity contribution in [2.75, 3.05) is 13.1 Å². The Labute approximate surface area is 150 Å². The molecule has 0 unspecified atom stereocenters. The SMILES string of the molecule is N[C@@H]1CN(C(=O)Cn2cnc3ccccc3c2=O)C[C@H]1c1ccccc1. The smallest absolute Gasteiger partial charge is 0.261 e. The zero-order valence-electron chi connectivity index (χ0n) is 14.3. The van der Waals surface area contributed by atoms with E-state index in [0.717, 1.165) is 5.56 Å². The second-order valence-electron chi connectivity index (χ2n) is 6.67. The van der Waals surface area contributed by atoms with Gasteiger partial charge in [0.25, 0.3) is 5.56 Å². The van der Waals surface area contributed by atoms with Gasteiger partial charge in [-0.05, 0) is 17.7 Å². The molecular weight excluding hydrogens is 328 g/mol. The first-order valence-corrected chi connectivity index (χ1v) is 8.66. The normalized spacial score (nSPS) is 19.8. The number of benzene rings is 2. The minimum atomic E-state index is -0.202. The number of fused-ring (bicyclic) bond motifs is 1. The molecule has 6 heteroatoms. The highest BCUT2D eigenvalue weighted by Crippen LogP contribution is 2.26. The molecule has 132 valence electrons. The van der Waals surface area contributed by atoms with Gasteiger partial charge in [0.1, 0.15) is 6.54 Å². The van der Waals surface area contributed by atoms with E-state index in [0.29, 0.717) is 24.0 Å². The fourth-order valence-corrected chi connectivity index (χ4v) is 3.55. The predicted molar refractivity (Wildman–Crippen MR) is 99.7 cm³/mol. The molecule has 3 aromatic rings. The van der Waals surface area contributed by atoms with Gasteiger partial charge in [-0.1, -0.05) is 42.5 Å². The first-order valence-electron chi connectivity index (χ1n) is 8.66. The summed E-state index contributed by atoms with van der Waals surface area (Å²) >= 11 is 0. The van der Waals surface area contributed by atoms with Crippen LogP contribution in [0.15, 0.2) is 65.7 Å². The van der Waals surface area contributed by atoms with Gasteiger partial charge in [0, 0.05) is 25.0 Å². The number of carbonyl (C=O) groups excluding carboxylic acids is 1. The molecule has 1 aromatic heterocycles. The summed E-state index contributed by atoms with van der Waals surface area (Å²) in [6, 6.07) is 17.0. The number of para-hydroxylation sites is 1. The molecule has 26 heavy (non-hydrogen) atoms. The van der Waals surface area contributed by atoms with Gasteiger partial charge in [-0.3, -0.25) is 14.2 Å². The molecule has 1 fully saturated rings. The number of rotatable bonds is 3. The van der Waals surface area contributed by atoms with Crippen LogP contribution in [0, 0.1) is 0 Å². The lowest BCUT2D eigenvalue weighted by Gasteiger charge is -2.17. The lowest BCUT2D eigenvalue weighted by atomic mass is 9.95. The Hall–Kier alpha value is -2.99. The lowest BCUT2D eigenvalue weighted by molar-refractivity contribution is -0.130. The fourth-order valence-electron chi connectivity index (χ4n) is 3.55. The molecule has 0 spiro atoms. The van der Waals surface area contributed by atoms with E-state index < -0.39 is 0 Å². The van der Waals surface area contributed by atoms with Crippen LogP contribution in [0.3, 0.4) is 0 Å². The number of likely N-dealkylation sites (tertiary alicyclic amines) is 1. The van der Waals surface area contributed by atoms with E-state index in [1.165, 1.54) is 10.9 Å². The average Bonchev–Trinajstić information content (AvgIpc) is 3.07. The molecule has 2 heterocycles. The number of hydrogen-bond acceptors (Lipinski definition) is 4. The van der Waals surface area contributed by atoms with Crippen molar-refractivity contribution in [3.63, 3.8) is 0 Å². The van der Waals surface area contributed by atoms with Crippen LogP contribution in [-0.4, -0.2) is 39.5 Å². The molecule has 1 aliphatic heterocycles. The van der Waals surface area contributed by atoms with Gasteiger partial charge >= 0.3 is 0 Å². The Morgan fingerprint density at radius 1 is 1.08 bits per heavy atom. The van der Waals surface area contributed by atoms with E-state index in [4.69, 9.17) is 5.73 Å². The Bertz CT molecular complexity index is 999. The largest absolute Gasteiger partial charge is 0.339 e. The topological polar surface area (TPSA) is 81.2 Å². The van der Waals surface area contributed by atoms with Gasteiger partial charge in [0.2, 0.25) is 5.91 Å². The molecule has 6 nitrogen and oxygen atoms in total. The third-order valence-electron chi connectivity index (χ3n) is 4.98. The molecule has 4 rings (SSSR count). The average molecular weight is 348 g/mol. The highest BCUT2D eigenvalue weighted by Gasteiger charge is 2.33. The van der Waals surface area contributed by atoms with Crippen molar-refractivity contribution < 1.29 is 4.79 Å². The monoisotopic (exact) mass is 348 g/mol. The second kappa shape index (κ2) is 6.72. The van der Waals surface area contributed by atoms with Crippen LogP contribution in [0.1, 0.15) is 11.5 Å². The van der Waals surface area contributed by atoms with Crippen LogP contribution in [0.2, 0.25) is 0 Å². The van der Waals surface area contributed by atoms with E-state index in [1.54, 1.807) is 23.1 Å². The van der Waals surface area contributed by atoms with Gasteiger partial charge in [0.15, 0.2) is 0 Å². The van der Waals surface area contributed by atoms with Gasteiger partial charge in [-0.25, -0.2) is 4.98 Å². The molecule has 1 amide bonds. The lowest BCUT2D eigenvalue weighted by Crippen LogP contribution is -2.36. The Kier molecular flexibility index (Phi) is 4.26. The Balaban J connectivity index is 1.52. The number of carbonyl (C=O) groups is 1. The van der Waals surface area contributed by atoms with Crippen LogP contribution in [-0.2, 0) is 11.3 Å². The second-order valence-corrected chi connectivity index (χ2v) is 6.67. The van der Waals surface area contributed by atoms with E-state index in [2.05, 4.69) is 4.98 Å². The minimum Gasteiger partial charge on any atom is -0.339 e. The number of aromatic nitrogens is 2. The van der Waals surface area contributed by atoms with Crippen molar-refractivity contribution in [1.29, 1.82) is 0 Å². The number of hydrogen-bond donors (Lipinski definition) is 1.